The van der Waals surface area contributed by atoms with Crippen LogP contribution in [0.15, 0.2) is 0 Å². The van der Waals surface area contributed by atoms with Gasteiger partial charge in [-0.3, -0.25) is 0 Å². The summed E-state index contributed by atoms with van der Waals surface area (Å²) >= 11 is 2.12. The average molecular weight is 273 g/mol. The molecule has 0 spiro atoms. The second-order valence-electron chi connectivity index (χ2n) is 6.61. The zero-order valence-electron chi connectivity index (χ0n) is 13.0. The van der Waals surface area contributed by atoms with E-state index in [1.807, 2.05) is 0 Å². The van der Waals surface area contributed by atoms with Gasteiger partial charge in [0.1, 0.15) is 0 Å². The molecule has 1 aliphatic heterocycles. The fourth-order valence-electron chi connectivity index (χ4n) is 2.53. The van der Waals surface area contributed by atoms with Crippen molar-refractivity contribution in [2.45, 2.75) is 46.3 Å². The summed E-state index contributed by atoms with van der Waals surface area (Å²) in [4.78, 5) is 2.67. The molecule has 1 fully saturated rings. The zero-order valence-corrected chi connectivity index (χ0v) is 13.8. The van der Waals surface area contributed by atoms with E-state index < -0.39 is 0 Å². The molecule has 1 aliphatic rings. The van der Waals surface area contributed by atoms with Crippen LogP contribution in [0.3, 0.4) is 0 Å². The molecule has 1 N–H and O–H groups in total. The SMILES string of the molecule is CCC(C)(CNCC(C)C)CN1CCSC(C)C1. The summed E-state index contributed by atoms with van der Waals surface area (Å²) in [5.41, 5.74) is 0.427. The van der Waals surface area contributed by atoms with E-state index in [2.05, 4.69) is 56.6 Å². The zero-order chi connectivity index (χ0) is 13.6. The molecule has 3 heteroatoms. The van der Waals surface area contributed by atoms with Gasteiger partial charge in [-0.25, -0.2) is 0 Å². The highest BCUT2D eigenvalue weighted by molar-refractivity contribution is 7.99. The van der Waals surface area contributed by atoms with E-state index >= 15 is 0 Å². The van der Waals surface area contributed by atoms with Gasteiger partial charge in [-0.2, -0.15) is 11.8 Å². The van der Waals surface area contributed by atoms with Crippen LogP contribution < -0.4 is 5.32 Å². The van der Waals surface area contributed by atoms with Crippen LogP contribution in [-0.2, 0) is 0 Å². The Morgan fingerprint density at radius 1 is 1.44 bits per heavy atom. The van der Waals surface area contributed by atoms with E-state index in [9.17, 15) is 0 Å². The van der Waals surface area contributed by atoms with Crippen molar-refractivity contribution in [2.24, 2.45) is 11.3 Å². The summed E-state index contributed by atoms with van der Waals surface area (Å²) in [5.74, 6) is 2.05. The van der Waals surface area contributed by atoms with Gasteiger partial charge in [-0.15, -0.1) is 0 Å². The van der Waals surface area contributed by atoms with E-state index in [1.54, 1.807) is 0 Å². The van der Waals surface area contributed by atoms with Crippen LogP contribution in [0.2, 0.25) is 0 Å². The lowest BCUT2D eigenvalue weighted by molar-refractivity contribution is 0.159. The molecular weight excluding hydrogens is 240 g/mol. The number of hydrogen-bond acceptors (Lipinski definition) is 3. The molecule has 0 aromatic rings. The monoisotopic (exact) mass is 272 g/mol. The predicted octanol–water partition coefficient (Wildman–Crippen LogP) is 3.09. The van der Waals surface area contributed by atoms with Gasteiger partial charge >= 0.3 is 0 Å². The molecule has 2 nitrogen and oxygen atoms in total. The third-order valence-electron chi connectivity index (χ3n) is 3.89. The standard InChI is InChI=1S/C15H32N2S/c1-6-15(5,11-16-9-13(2)3)12-17-7-8-18-14(4)10-17/h13-14,16H,6-12H2,1-5H3. The highest BCUT2D eigenvalue weighted by Gasteiger charge is 2.27. The quantitative estimate of drug-likeness (QED) is 0.767. The summed E-state index contributed by atoms with van der Waals surface area (Å²) in [6, 6.07) is 0. The number of nitrogens with zero attached hydrogens (tertiary/aromatic N) is 1. The van der Waals surface area contributed by atoms with Crippen molar-refractivity contribution in [3.8, 4) is 0 Å². The van der Waals surface area contributed by atoms with Crippen LogP contribution in [-0.4, -0.2) is 48.6 Å². The van der Waals surface area contributed by atoms with E-state index in [0.717, 1.165) is 24.3 Å². The van der Waals surface area contributed by atoms with Crippen molar-refractivity contribution in [3.63, 3.8) is 0 Å². The van der Waals surface area contributed by atoms with Gasteiger partial charge in [0.25, 0.3) is 0 Å². The number of hydrogen-bond donors (Lipinski definition) is 1. The largest absolute Gasteiger partial charge is 0.316 e. The van der Waals surface area contributed by atoms with Crippen molar-refractivity contribution in [2.75, 3.05) is 38.5 Å². The highest BCUT2D eigenvalue weighted by Crippen LogP contribution is 2.25. The minimum absolute atomic E-state index is 0.427. The molecule has 0 radical (unpaired) electrons. The van der Waals surface area contributed by atoms with Crippen molar-refractivity contribution in [1.82, 2.24) is 10.2 Å². The van der Waals surface area contributed by atoms with Gasteiger partial charge < -0.3 is 10.2 Å². The minimum Gasteiger partial charge on any atom is -0.316 e. The Morgan fingerprint density at radius 3 is 2.72 bits per heavy atom. The second kappa shape index (κ2) is 7.76. The van der Waals surface area contributed by atoms with E-state index in [0.29, 0.717) is 5.41 Å². The van der Waals surface area contributed by atoms with Gasteiger partial charge in [0.15, 0.2) is 0 Å². The maximum absolute atomic E-state index is 3.65. The smallest absolute Gasteiger partial charge is 0.0147 e. The van der Waals surface area contributed by atoms with Crippen molar-refractivity contribution in [3.05, 3.63) is 0 Å². The predicted molar refractivity (Wildman–Crippen MR) is 84.5 cm³/mol. The van der Waals surface area contributed by atoms with Crippen molar-refractivity contribution >= 4 is 11.8 Å². The number of rotatable bonds is 7. The minimum atomic E-state index is 0.427. The maximum atomic E-state index is 3.65. The topological polar surface area (TPSA) is 15.3 Å². The highest BCUT2D eigenvalue weighted by atomic mass is 32.2. The van der Waals surface area contributed by atoms with E-state index in [4.69, 9.17) is 0 Å². The Hall–Kier alpha value is 0.270. The lowest BCUT2D eigenvalue weighted by atomic mass is 9.86. The van der Waals surface area contributed by atoms with Gasteiger partial charge in [-0.1, -0.05) is 34.6 Å². The summed E-state index contributed by atoms with van der Waals surface area (Å²) in [7, 11) is 0. The summed E-state index contributed by atoms with van der Waals surface area (Å²) in [5, 5.41) is 4.45. The first kappa shape index (κ1) is 16.3. The van der Waals surface area contributed by atoms with Crippen molar-refractivity contribution in [1.29, 1.82) is 0 Å². The first-order chi connectivity index (χ1) is 8.45. The Kier molecular flexibility index (Phi) is 7.04. The molecule has 18 heavy (non-hydrogen) atoms. The normalized spacial score (nSPS) is 25.3. The van der Waals surface area contributed by atoms with Crippen LogP contribution in [0.1, 0.15) is 41.0 Å². The van der Waals surface area contributed by atoms with Gasteiger partial charge in [-0.05, 0) is 24.3 Å². The molecule has 2 atom stereocenters. The van der Waals surface area contributed by atoms with Crippen LogP contribution in [0.5, 0.6) is 0 Å². The molecule has 0 saturated carbocycles. The molecule has 0 aliphatic carbocycles. The Labute approximate surface area is 118 Å². The molecule has 1 rings (SSSR count). The van der Waals surface area contributed by atoms with Crippen LogP contribution in [0, 0.1) is 11.3 Å². The first-order valence-corrected chi connectivity index (χ1v) is 8.55. The third kappa shape index (κ3) is 5.94. The van der Waals surface area contributed by atoms with Gasteiger partial charge in [0, 0.05) is 37.2 Å². The van der Waals surface area contributed by atoms with Crippen LogP contribution >= 0.6 is 11.8 Å². The summed E-state index contributed by atoms with van der Waals surface area (Å²) in [6.07, 6.45) is 1.26. The molecule has 1 heterocycles. The average Bonchev–Trinajstić information content (AvgIpc) is 2.28. The molecule has 0 amide bonds. The lowest BCUT2D eigenvalue weighted by Gasteiger charge is -2.38. The van der Waals surface area contributed by atoms with E-state index in [1.165, 1.54) is 31.8 Å². The third-order valence-corrected chi connectivity index (χ3v) is 5.02. The van der Waals surface area contributed by atoms with Crippen molar-refractivity contribution < 1.29 is 0 Å². The van der Waals surface area contributed by atoms with Crippen LogP contribution in [0.25, 0.3) is 0 Å². The molecule has 0 bridgehead atoms. The van der Waals surface area contributed by atoms with Gasteiger partial charge in [0.05, 0.1) is 0 Å². The molecule has 2 unspecified atom stereocenters. The molecular formula is C15H32N2S. The Balaban J connectivity index is 2.38. The first-order valence-electron chi connectivity index (χ1n) is 7.50. The number of nitrogens with one attached hydrogen (secondary N) is 1. The molecule has 108 valence electrons. The van der Waals surface area contributed by atoms with Crippen LogP contribution in [0.4, 0.5) is 0 Å². The van der Waals surface area contributed by atoms with E-state index in [-0.39, 0.29) is 0 Å². The molecule has 0 aromatic heterocycles. The Morgan fingerprint density at radius 2 is 2.17 bits per heavy atom. The fourth-order valence-corrected chi connectivity index (χ4v) is 3.61. The number of thioether (sulfide) groups is 1. The summed E-state index contributed by atoms with van der Waals surface area (Å²) < 4.78 is 0. The molecule has 0 aromatic carbocycles. The fraction of sp³-hybridized carbons (Fsp3) is 1.00. The maximum Gasteiger partial charge on any atom is 0.0147 e. The lowest BCUT2D eigenvalue weighted by Crippen LogP contribution is -2.46. The second-order valence-corrected chi connectivity index (χ2v) is 8.15. The summed E-state index contributed by atoms with van der Waals surface area (Å²) in [6.45, 7) is 17.8. The van der Waals surface area contributed by atoms with Gasteiger partial charge in [0.2, 0.25) is 0 Å². The molecule has 1 saturated heterocycles. The Bertz CT molecular complexity index is 233.